The van der Waals surface area contributed by atoms with Gasteiger partial charge in [0.05, 0.1) is 5.02 Å². The van der Waals surface area contributed by atoms with E-state index in [0.29, 0.717) is 6.07 Å². The maximum Gasteiger partial charge on any atom is 0.421 e. The van der Waals surface area contributed by atoms with Gasteiger partial charge in [-0.15, -0.1) is 0 Å². The zero-order chi connectivity index (χ0) is 10.2. The second kappa shape index (κ2) is 3.23. The SMILES string of the molecule is Oc1nc(Cl)c(Cl)cc1C(F)(F)F. The quantitative estimate of drug-likeness (QED) is 0.697. The van der Waals surface area contributed by atoms with Gasteiger partial charge in [-0.2, -0.15) is 18.2 Å². The van der Waals surface area contributed by atoms with E-state index in [9.17, 15) is 13.2 Å². The van der Waals surface area contributed by atoms with Crippen molar-refractivity contribution in [2.75, 3.05) is 0 Å². The molecular formula is C6H2Cl2F3NO. The smallest absolute Gasteiger partial charge is 0.421 e. The maximum absolute atomic E-state index is 12.1. The lowest BCUT2D eigenvalue weighted by atomic mass is 10.2. The van der Waals surface area contributed by atoms with Crippen LogP contribution in [-0.2, 0) is 6.18 Å². The summed E-state index contributed by atoms with van der Waals surface area (Å²) in [5.41, 5.74) is -1.30. The average molecular weight is 232 g/mol. The summed E-state index contributed by atoms with van der Waals surface area (Å²) in [5, 5.41) is 8.05. The topological polar surface area (TPSA) is 33.1 Å². The fourth-order valence-electron chi connectivity index (χ4n) is 0.666. The van der Waals surface area contributed by atoms with E-state index < -0.39 is 17.6 Å². The van der Waals surface area contributed by atoms with E-state index in [1.165, 1.54) is 0 Å². The molecule has 7 heteroatoms. The summed E-state index contributed by atoms with van der Waals surface area (Å²) in [6.45, 7) is 0. The largest absolute Gasteiger partial charge is 0.493 e. The molecule has 0 bridgehead atoms. The third-order valence-electron chi connectivity index (χ3n) is 1.22. The van der Waals surface area contributed by atoms with Gasteiger partial charge in [0.2, 0.25) is 5.88 Å². The second-order valence-electron chi connectivity index (χ2n) is 2.13. The first-order valence-corrected chi connectivity index (χ1v) is 3.70. The van der Waals surface area contributed by atoms with Gasteiger partial charge in [0, 0.05) is 0 Å². The monoisotopic (exact) mass is 231 g/mol. The van der Waals surface area contributed by atoms with Gasteiger partial charge >= 0.3 is 6.18 Å². The van der Waals surface area contributed by atoms with Crippen LogP contribution in [0, 0.1) is 0 Å². The Labute approximate surface area is 80.9 Å². The molecular weight excluding hydrogens is 230 g/mol. The van der Waals surface area contributed by atoms with Crippen LogP contribution in [0.25, 0.3) is 0 Å². The molecule has 0 unspecified atom stereocenters. The van der Waals surface area contributed by atoms with Gasteiger partial charge in [0.1, 0.15) is 5.56 Å². The molecule has 0 aromatic carbocycles. The molecule has 1 N–H and O–H groups in total. The van der Waals surface area contributed by atoms with E-state index in [1.807, 2.05) is 0 Å². The highest BCUT2D eigenvalue weighted by atomic mass is 35.5. The minimum atomic E-state index is -4.69. The highest BCUT2D eigenvalue weighted by Gasteiger charge is 2.35. The number of nitrogens with zero attached hydrogens (tertiary/aromatic N) is 1. The molecule has 1 rings (SSSR count). The van der Waals surface area contributed by atoms with Gasteiger partial charge in [-0.05, 0) is 6.07 Å². The Hall–Kier alpha value is -0.680. The van der Waals surface area contributed by atoms with Gasteiger partial charge in [-0.3, -0.25) is 0 Å². The molecule has 0 atom stereocenters. The van der Waals surface area contributed by atoms with Crippen molar-refractivity contribution in [3.8, 4) is 5.88 Å². The number of hydrogen-bond acceptors (Lipinski definition) is 2. The second-order valence-corrected chi connectivity index (χ2v) is 2.90. The van der Waals surface area contributed by atoms with Crippen molar-refractivity contribution >= 4 is 23.2 Å². The van der Waals surface area contributed by atoms with Crippen molar-refractivity contribution in [1.29, 1.82) is 0 Å². The van der Waals surface area contributed by atoms with Crippen molar-refractivity contribution in [2.45, 2.75) is 6.18 Å². The van der Waals surface area contributed by atoms with Crippen LogP contribution in [0.3, 0.4) is 0 Å². The van der Waals surface area contributed by atoms with Crippen LogP contribution in [0.15, 0.2) is 6.07 Å². The standard InChI is InChI=1S/C6H2Cl2F3NO/c7-3-1-2(6(9,10)11)5(13)12-4(3)8/h1H,(H,12,13). The van der Waals surface area contributed by atoms with E-state index in [0.717, 1.165) is 0 Å². The molecule has 1 aromatic heterocycles. The Kier molecular flexibility index (Phi) is 2.58. The van der Waals surface area contributed by atoms with Gasteiger partial charge in [-0.1, -0.05) is 23.2 Å². The van der Waals surface area contributed by atoms with Gasteiger partial charge in [0.25, 0.3) is 0 Å². The highest BCUT2D eigenvalue weighted by molar-refractivity contribution is 6.41. The summed E-state index contributed by atoms with van der Waals surface area (Å²) < 4.78 is 36.2. The summed E-state index contributed by atoms with van der Waals surface area (Å²) >= 11 is 10.6. The molecule has 0 aliphatic rings. The summed E-state index contributed by atoms with van der Waals surface area (Å²) in [6.07, 6.45) is -4.69. The first-order valence-electron chi connectivity index (χ1n) is 2.94. The lowest BCUT2D eigenvalue weighted by Gasteiger charge is -2.08. The number of hydrogen-bond donors (Lipinski definition) is 1. The van der Waals surface area contributed by atoms with Crippen LogP contribution in [0.1, 0.15) is 5.56 Å². The predicted molar refractivity (Wildman–Crippen MR) is 40.9 cm³/mol. The highest BCUT2D eigenvalue weighted by Crippen LogP contribution is 2.37. The molecule has 1 aromatic rings. The third kappa shape index (κ3) is 2.16. The predicted octanol–water partition coefficient (Wildman–Crippen LogP) is 3.11. The molecule has 0 spiro atoms. The summed E-state index contributed by atoms with van der Waals surface area (Å²) in [7, 11) is 0. The Balaban J connectivity index is 3.32. The van der Waals surface area contributed by atoms with Crippen LogP contribution in [-0.4, -0.2) is 10.1 Å². The minimum Gasteiger partial charge on any atom is -0.493 e. The fraction of sp³-hybridized carbons (Fsp3) is 0.167. The third-order valence-corrected chi connectivity index (χ3v) is 1.89. The zero-order valence-corrected chi connectivity index (χ0v) is 7.37. The van der Waals surface area contributed by atoms with Crippen LogP contribution in [0.2, 0.25) is 10.2 Å². The Morgan fingerprint density at radius 2 is 1.85 bits per heavy atom. The van der Waals surface area contributed by atoms with Gasteiger partial charge < -0.3 is 5.11 Å². The summed E-state index contributed by atoms with van der Waals surface area (Å²) in [5.74, 6) is -1.18. The molecule has 0 aliphatic carbocycles. The van der Waals surface area contributed by atoms with Gasteiger partial charge in [-0.25, -0.2) is 0 Å². The summed E-state index contributed by atoms with van der Waals surface area (Å²) in [4.78, 5) is 3.01. The molecule has 0 amide bonds. The average Bonchev–Trinajstić information content (AvgIpc) is 1.94. The molecule has 13 heavy (non-hydrogen) atoms. The van der Waals surface area contributed by atoms with Crippen molar-refractivity contribution in [3.05, 3.63) is 21.8 Å². The lowest BCUT2D eigenvalue weighted by Crippen LogP contribution is -2.06. The van der Waals surface area contributed by atoms with Crippen LogP contribution in [0.4, 0.5) is 13.2 Å². The van der Waals surface area contributed by atoms with Crippen LogP contribution < -0.4 is 0 Å². The minimum absolute atomic E-state index is 0.355. The first-order chi connectivity index (χ1) is 5.82. The van der Waals surface area contributed by atoms with E-state index in [4.69, 9.17) is 28.3 Å². The fourth-order valence-corrected chi connectivity index (χ4v) is 0.952. The number of alkyl halides is 3. The Morgan fingerprint density at radius 3 is 2.31 bits per heavy atom. The van der Waals surface area contributed by atoms with E-state index in [1.54, 1.807) is 0 Å². The normalized spacial score (nSPS) is 11.8. The van der Waals surface area contributed by atoms with E-state index >= 15 is 0 Å². The molecule has 0 fully saturated rings. The van der Waals surface area contributed by atoms with Crippen LogP contribution >= 0.6 is 23.2 Å². The van der Waals surface area contributed by atoms with Crippen molar-refractivity contribution in [2.24, 2.45) is 0 Å². The lowest BCUT2D eigenvalue weighted by molar-refractivity contribution is -0.139. The molecule has 0 saturated carbocycles. The Bertz CT molecular complexity index is 339. The van der Waals surface area contributed by atoms with Crippen molar-refractivity contribution in [3.63, 3.8) is 0 Å². The maximum atomic E-state index is 12.1. The molecule has 0 aliphatic heterocycles. The molecule has 1 heterocycles. The first kappa shape index (κ1) is 10.4. The number of aromatic nitrogens is 1. The number of aromatic hydroxyl groups is 1. The molecule has 2 nitrogen and oxygen atoms in total. The number of halogens is 5. The molecule has 0 saturated heterocycles. The zero-order valence-electron chi connectivity index (χ0n) is 5.86. The van der Waals surface area contributed by atoms with Crippen molar-refractivity contribution < 1.29 is 18.3 Å². The number of rotatable bonds is 0. The number of pyridine rings is 1. The molecule has 0 radical (unpaired) electrons. The molecule has 72 valence electrons. The van der Waals surface area contributed by atoms with Gasteiger partial charge in [0.15, 0.2) is 5.15 Å². The van der Waals surface area contributed by atoms with Crippen LogP contribution in [0.5, 0.6) is 5.88 Å². The Morgan fingerprint density at radius 1 is 1.31 bits per heavy atom. The van der Waals surface area contributed by atoms with E-state index in [-0.39, 0.29) is 10.2 Å². The summed E-state index contributed by atoms with van der Waals surface area (Å²) in [6, 6.07) is 0.520. The van der Waals surface area contributed by atoms with Crippen molar-refractivity contribution in [1.82, 2.24) is 4.98 Å². The van der Waals surface area contributed by atoms with E-state index in [2.05, 4.69) is 4.98 Å².